The van der Waals surface area contributed by atoms with E-state index >= 15 is 0 Å². The monoisotopic (exact) mass is 309 g/mol. The molecule has 0 aliphatic carbocycles. The largest absolute Gasteiger partial charge is 0.339 e. The van der Waals surface area contributed by atoms with Gasteiger partial charge in [-0.3, -0.25) is 4.98 Å². The van der Waals surface area contributed by atoms with Gasteiger partial charge in [-0.25, -0.2) is 4.98 Å². The molecule has 0 aromatic carbocycles. The van der Waals surface area contributed by atoms with Gasteiger partial charge < -0.3 is 9.84 Å². The van der Waals surface area contributed by atoms with E-state index in [-0.39, 0.29) is 12.4 Å². The molecule has 6 nitrogen and oxygen atoms in total. The summed E-state index contributed by atoms with van der Waals surface area (Å²) in [6, 6.07) is 0. The summed E-state index contributed by atoms with van der Waals surface area (Å²) >= 11 is 0. The average Bonchev–Trinajstić information content (AvgIpc) is 2.97. The molecule has 1 fully saturated rings. The minimum atomic E-state index is 0. The number of halogens is 1. The summed E-state index contributed by atoms with van der Waals surface area (Å²) in [5.74, 6) is 2.43. The Bertz CT molecular complexity index is 541. The number of nitrogens with zero attached hydrogens (tertiary/aromatic N) is 4. The van der Waals surface area contributed by atoms with Gasteiger partial charge in [0.15, 0.2) is 0 Å². The molecule has 2 aromatic rings. The lowest BCUT2D eigenvalue weighted by Gasteiger charge is -2.27. The van der Waals surface area contributed by atoms with Crippen LogP contribution in [0.25, 0.3) is 11.5 Å². The highest BCUT2D eigenvalue weighted by Crippen LogP contribution is 2.23. The molecule has 1 N–H and O–H groups in total. The van der Waals surface area contributed by atoms with Gasteiger partial charge in [-0.2, -0.15) is 4.98 Å². The van der Waals surface area contributed by atoms with Crippen LogP contribution in [0.3, 0.4) is 0 Å². The summed E-state index contributed by atoms with van der Waals surface area (Å²) in [6.45, 7) is 4.48. The van der Waals surface area contributed by atoms with Crippen LogP contribution in [0.4, 0.5) is 0 Å². The normalized spacial score (nSPS) is 19.8. The van der Waals surface area contributed by atoms with Crippen molar-refractivity contribution in [2.45, 2.75) is 26.2 Å². The van der Waals surface area contributed by atoms with Gasteiger partial charge in [-0.05, 0) is 37.8 Å². The number of piperidine rings is 1. The Kier molecular flexibility index (Phi) is 5.64. The van der Waals surface area contributed by atoms with Crippen molar-refractivity contribution >= 4 is 12.4 Å². The van der Waals surface area contributed by atoms with Crippen molar-refractivity contribution in [3.8, 4) is 11.5 Å². The molecule has 2 unspecified atom stereocenters. The second-order valence-corrected chi connectivity index (χ2v) is 5.39. The molecule has 0 spiro atoms. The summed E-state index contributed by atoms with van der Waals surface area (Å²) in [7, 11) is 0. The Balaban J connectivity index is 0.00000161. The highest BCUT2D eigenvalue weighted by molar-refractivity contribution is 5.85. The van der Waals surface area contributed by atoms with E-state index in [0.29, 0.717) is 29.2 Å². The fraction of sp³-hybridized carbons (Fsp3) is 0.571. The van der Waals surface area contributed by atoms with E-state index in [1.165, 1.54) is 12.8 Å². The number of hydrogen-bond acceptors (Lipinski definition) is 6. The van der Waals surface area contributed by atoms with Crippen molar-refractivity contribution in [3.05, 3.63) is 24.5 Å². The van der Waals surface area contributed by atoms with Gasteiger partial charge in [-0.1, -0.05) is 12.1 Å². The van der Waals surface area contributed by atoms with Crippen LogP contribution in [0.1, 0.15) is 25.7 Å². The maximum Gasteiger partial charge on any atom is 0.227 e. The van der Waals surface area contributed by atoms with Gasteiger partial charge in [0.1, 0.15) is 5.69 Å². The first-order valence-electron chi connectivity index (χ1n) is 7.12. The van der Waals surface area contributed by atoms with Crippen LogP contribution in [-0.2, 0) is 6.42 Å². The van der Waals surface area contributed by atoms with Gasteiger partial charge in [0.2, 0.25) is 11.7 Å². The van der Waals surface area contributed by atoms with E-state index in [1.807, 2.05) is 0 Å². The Morgan fingerprint density at radius 2 is 2.33 bits per heavy atom. The second-order valence-electron chi connectivity index (χ2n) is 5.39. The van der Waals surface area contributed by atoms with Crippen molar-refractivity contribution in [2.24, 2.45) is 11.8 Å². The molecule has 21 heavy (non-hydrogen) atoms. The van der Waals surface area contributed by atoms with Crippen molar-refractivity contribution in [3.63, 3.8) is 0 Å². The number of aromatic nitrogens is 4. The molecule has 0 radical (unpaired) electrons. The van der Waals surface area contributed by atoms with Crippen LogP contribution < -0.4 is 5.32 Å². The van der Waals surface area contributed by atoms with Gasteiger partial charge in [-0.15, -0.1) is 12.4 Å². The molecule has 3 heterocycles. The maximum atomic E-state index is 5.33. The van der Waals surface area contributed by atoms with Crippen molar-refractivity contribution < 1.29 is 4.52 Å². The smallest absolute Gasteiger partial charge is 0.227 e. The van der Waals surface area contributed by atoms with Crippen molar-refractivity contribution in [1.82, 2.24) is 25.4 Å². The Morgan fingerprint density at radius 1 is 1.43 bits per heavy atom. The standard InChI is InChI=1S/C14H19N5O.ClH/c1-10(11-3-2-4-15-8-11)7-13-18-14(19-20-13)12-9-16-5-6-17-12;/h5-6,9-11,15H,2-4,7-8H2,1H3;1H. The third kappa shape index (κ3) is 3.98. The zero-order chi connectivity index (χ0) is 13.8. The molecule has 7 heteroatoms. The average molecular weight is 310 g/mol. The first-order valence-corrected chi connectivity index (χ1v) is 7.12. The molecule has 1 aliphatic rings. The molecule has 0 saturated carbocycles. The molecule has 2 aromatic heterocycles. The fourth-order valence-corrected chi connectivity index (χ4v) is 2.66. The maximum absolute atomic E-state index is 5.33. The minimum Gasteiger partial charge on any atom is -0.339 e. The van der Waals surface area contributed by atoms with Crippen LogP contribution in [0, 0.1) is 11.8 Å². The third-order valence-corrected chi connectivity index (χ3v) is 3.90. The Hall–Kier alpha value is -1.53. The quantitative estimate of drug-likeness (QED) is 0.932. The summed E-state index contributed by atoms with van der Waals surface area (Å²) < 4.78 is 5.33. The summed E-state index contributed by atoms with van der Waals surface area (Å²) in [5, 5.41) is 7.43. The molecule has 114 valence electrons. The van der Waals surface area contributed by atoms with E-state index in [4.69, 9.17) is 4.52 Å². The Labute approximate surface area is 130 Å². The van der Waals surface area contributed by atoms with Crippen LogP contribution >= 0.6 is 12.4 Å². The van der Waals surface area contributed by atoms with E-state index in [9.17, 15) is 0 Å². The van der Waals surface area contributed by atoms with Crippen LogP contribution in [0.2, 0.25) is 0 Å². The van der Waals surface area contributed by atoms with Crippen LogP contribution in [0.15, 0.2) is 23.1 Å². The van der Waals surface area contributed by atoms with Crippen molar-refractivity contribution in [2.75, 3.05) is 13.1 Å². The molecule has 0 bridgehead atoms. The molecule has 0 amide bonds. The number of hydrogen-bond donors (Lipinski definition) is 1. The van der Waals surface area contributed by atoms with E-state index in [1.54, 1.807) is 18.6 Å². The SMILES string of the molecule is CC(Cc1nc(-c2cnccn2)no1)C1CCCNC1.Cl. The van der Waals surface area contributed by atoms with Gasteiger partial charge >= 0.3 is 0 Å². The number of nitrogens with one attached hydrogen (secondary N) is 1. The zero-order valence-corrected chi connectivity index (χ0v) is 12.8. The fourth-order valence-electron chi connectivity index (χ4n) is 2.66. The molecule has 1 saturated heterocycles. The highest BCUT2D eigenvalue weighted by atomic mass is 35.5. The summed E-state index contributed by atoms with van der Waals surface area (Å²) in [5.41, 5.74) is 0.648. The van der Waals surface area contributed by atoms with E-state index in [0.717, 1.165) is 19.5 Å². The first-order chi connectivity index (χ1) is 9.83. The van der Waals surface area contributed by atoms with Crippen molar-refractivity contribution in [1.29, 1.82) is 0 Å². The Morgan fingerprint density at radius 3 is 3.05 bits per heavy atom. The minimum absolute atomic E-state index is 0. The molecule has 1 aliphatic heterocycles. The second kappa shape index (κ2) is 7.47. The summed E-state index contributed by atoms with van der Waals surface area (Å²) in [6.07, 6.45) is 8.25. The lowest BCUT2D eigenvalue weighted by Crippen LogP contribution is -2.33. The predicted octanol–water partition coefficient (Wildman–Crippen LogP) is 2.13. The molecule has 3 rings (SSSR count). The van der Waals surface area contributed by atoms with Crippen LogP contribution in [-0.4, -0.2) is 33.2 Å². The first kappa shape index (κ1) is 15.9. The third-order valence-electron chi connectivity index (χ3n) is 3.90. The molecular formula is C14H20ClN5O. The lowest BCUT2D eigenvalue weighted by atomic mass is 9.85. The molecule has 2 atom stereocenters. The van der Waals surface area contributed by atoms with Crippen LogP contribution in [0.5, 0.6) is 0 Å². The van der Waals surface area contributed by atoms with Gasteiger partial charge in [0.05, 0.1) is 6.20 Å². The predicted molar refractivity (Wildman–Crippen MR) is 81.0 cm³/mol. The van der Waals surface area contributed by atoms with Gasteiger partial charge in [0.25, 0.3) is 0 Å². The van der Waals surface area contributed by atoms with E-state index in [2.05, 4.69) is 32.3 Å². The topological polar surface area (TPSA) is 76.7 Å². The number of rotatable bonds is 4. The highest BCUT2D eigenvalue weighted by Gasteiger charge is 2.22. The molecular weight excluding hydrogens is 290 g/mol. The van der Waals surface area contributed by atoms with E-state index < -0.39 is 0 Å². The van der Waals surface area contributed by atoms with Gasteiger partial charge in [0, 0.05) is 18.8 Å². The lowest BCUT2D eigenvalue weighted by molar-refractivity contribution is 0.257. The zero-order valence-electron chi connectivity index (χ0n) is 12.0. The summed E-state index contributed by atoms with van der Waals surface area (Å²) in [4.78, 5) is 12.6.